The molecule has 0 N–H and O–H groups in total. The number of nitrogens with zero attached hydrogens (tertiary/aromatic N) is 4. The molecule has 0 saturated carbocycles. The Balaban J connectivity index is 0.00000400. The van der Waals surface area contributed by atoms with Gasteiger partial charge in [0.05, 0.1) is 0 Å². The molecular weight excluding hydrogens is 839 g/mol. The molecule has 3 heterocycles. The Morgan fingerprint density at radius 3 is 2.25 bits per heavy atom. The van der Waals surface area contributed by atoms with Crippen LogP contribution in [0, 0.1) is 38.5 Å². The molecule has 7 heteroatoms. The van der Waals surface area contributed by atoms with Crippen LogP contribution in [0.1, 0.15) is 23.6 Å². The Labute approximate surface area is 323 Å². The molecule has 0 atom stereocenters. The van der Waals surface area contributed by atoms with Crippen LogP contribution in [-0.4, -0.2) is 9.55 Å². The third kappa shape index (κ3) is 6.38. The standard InChI is InChI=1S/C46H34FN4O.Pt/c1-4-32-18-19-48-46(23-32)51-42-13-6-5-12-40(42)41-17-16-38(28-45(41)51)52-39-25-34(33-21-30(2)20-31(3)22-33)24-37(27-39)50-29-49(36-11-9-10-35(47)26-36)43-14-7-8-15-44(43)50;/h5-26,29H,4H2,1-3H3;/q-3;. The molecule has 9 rings (SSSR count). The van der Waals surface area contributed by atoms with E-state index in [2.05, 4.69) is 115 Å². The topological polar surface area (TPSA) is 33.5 Å². The molecule has 0 bridgehead atoms. The van der Waals surface area contributed by atoms with Crippen molar-refractivity contribution < 1.29 is 30.2 Å². The van der Waals surface area contributed by atoms with Crippen LogP contribution >= 0.6 is 0 Å². The van der Waals surface area contributed by atoms with Gasteiger partial charge in [-0.05, 0) is 85.3 Å². The van der Waals surface area contributed by atoms with Crippen LogP contribution < -0.4 is 14.5 Å². The summed E-state index contributed by atoms with van der Waals surface area (Å²) >= 11 is 0. The number of hydrogen-bond donors (Lipinski definition) is 0. The van der Waals surface area contributed by atoms with E-state index in [1.165, 1.54) is 22.8 Å². The second-order valence-electron chi connectivity index (χ2n) is 13.2. The van der Waals surface area contributed by atoms with Gasteiger partial charge in [0.25, 0.3) is 0 Å². The molecule has 2 aromatic heterocycles. The minimum Gasteiger partial charge on any atom is -0.509 e. The molecule has 0 amide bonds. The molecule has 8 aromatic rings. The van der Waals surface area contributed by atoms with Crippen LogP contribution in [0.25, 0.3) is 38.8 Å². The molecule has 53 heavy (non-hydrogen) atoms. The van der Waals surface area contributed by atoms with E-state index >= 15 is 0 Å². The fourth-order valence-corrected chi connectivity index (χ4v) is 7.25. The molecule has 1 aliphatic heterocycles. The van der Waals surface area contributed by atoms with Gasteiger partial charge in [0.15, 0.2) is 0 Å². The quantitative estimate of drug-likeness (QED) is 0.149. The van der Waals surface area contributed by atoms with Crippen molar-refractivity contribution >= 4 is 44.6 Å². The van der Waals surface area contributed by atoms with Crippen molar-refractivity contribution in [3.63, 3.8) is 0 Å². The molecular formula is C46H34FN4OPt-3. The summed E-state index contributed by atoms with van der Waals surface area (Å²) in [6.07, 6.45) is 2.78. The average Bonchev–Trinajstić information content (AvgIpc) is 3.71. The van der Waals surface area contributed by atoms with Gasteiger partial charge < -0.3 is 19.1 Å². The van der Waals surface area contributed by atoms with E-state index in [1.54, 1.807) is 12.1 Å². The molecule has 0 spiro atoms. The minimum atomic E-state index is -0.290. The Morgan fingerprint density at radius 1 is 0.698 bits per heavy atom. The zero-order chi connectivity index (χ0) is 35.3. The molecule has 0 saturated heterocycles. The summed E-state index contributed by atoms with van der Waals surface area (Å²) in [5.41, 5.74) is 11.0. The van der Waals surface area contributed by atoms with Gasteiger partial charge in [-0.15, -0.1) is 53.6 Å². The van der Waals surface area contributed by atoms with Gasteiger partial charge in [0.2, 0.25) is 0 Å². The van der Waals surface area contributed by atoms with Crippen LogP contribution in [-0.2, 0) is 27.5 Å². The number of rotatable bonds is 7. The molecule has 1 aliphatic rings. The second-order valence-corrected chi connectivity index (χ2v) is 13.2. The Kier molecular flexibility index (Phi) is 9.09. The molecule has 0 unspecified atom stereocenters. The normalized spacial score (nSPS) is 12.3. The van der Waals surface area contributed by atoms with Crippen molar-refractivity contribution in [2.75, 3.05) is 9.80 Å². The fraction of sp³-hybridized carbons (Fsp3) is 0.0870. The maximum atomic E-state index is 14.4. The van der Waals surface area contributed by atoms with Gasteiger partial charge >= 0.3 is 0 Å². The zero-order valence-electron chi connectivity index (χ0n) is 29.4. The van der Waals surface area contributed by atoms with Crippen LogP contribution in [0.5, 0.6) is 11.5 Å². The van der Waals surface area contributed by atoms with E-state index in [1.807, 2.05) is 54.2 Å². The van der Waals surface area contributed by atoms with Gasteiger partial charge in [-0.25, -0.2) is 9.37 Å². The summed E-state index contributed by atoms with van der Waals surface area (Å²) in [5, 5.41) is 2.20. The SMILES string of the molecule is CCc1ccnc(-n2c3[c-]c(Oc4[c-]c(N5[CH-]N(c6cccc(F)c6)c6ccccc65)cc(-c5cc(C)cc(C)c5)c4)ccc3c3ccccc32)c1.[Pt]. The molecule has 0 radical (unpaired) electrons. The smallest absolute Gasteiger partial charge is 0.135 e. The van der Waals surface area contributed by atoms with Gasteiger partial charge in [0, 0.05) is 61.3 Å². The van der Waals surface area contributed by atoms with E-state index < -0.39 is 0 Å². The maximum absolute atomic E-state index is 14.4. The fourth-order valence-electron chi connectivity index (χ4n) is 7.25. The van der Waals surface area contributed by atoms with Gasteiger partial charge in [-0.2, -0.15) is 6.07 Å². The van der Waals surface area contributed by atoms with Crippen LogP contribution in [0.4, 0.5) is 27.1 Å². The Bertz CT molecular complexity index is 2630. The third-order valence-electron chi connectivity index (χ3n) is 9.59. The van der Waals surface area contributed by atoms with Gasteiger partial charge in [-0.1, -0.05) is 78.2 Å². The van der Waals surface area contributed by atoms with E-state index in [0.29, 0.717) is 11.5 Å². The predicted octanol–water partition coefficient (Wildman–Crippen LogP) is 12.0. The van der Waals surface area contributed by atoms with Crippen molar-refractivity contribution in [2.24, 2.45) is 0 Å². The third-order valence-corrected chi connectivity index (χ3v) is 9.59. The van der Waals surface area contributed by atoms with E-state index in [-0.39, 0.29) is 26.9 Å². The number of hydrogen-bond acceptors (Lipinski definition) is 4. The number of aryl methyl sites for hydroxylation is 3. The number of anilines is 4. The number of ether oxygens (including phenoxy) is 1. The summed E-state index contributed by atoms with van der Waals surface area (Å²) in [7, 11) is 0. The van der Waals surface area contributed by atoms with Crippen LogP contribution in [0.15, 0.2) is 134 Å². The monoisotopic (exact) mass is 872 g/mol. The zero-order valence-corrected chi connectivity index (χ0v) is 31.6. The summed E-state index contributed by atoms with van der Waals surface area (Å²) in [5.74, 6) is 1.67. The molecule has 0 aliphatic carbocycles. The van der Waals surface area contributed by atoms with Crippen molar-refractivity contribution in [2.45, 2.75) is 27.2 Å². The number of halogens is 1. The molecule has 264 valence electrons. The number of fused-ring (bicyclic) bond motifs is 4. The average molecular weight is 873 g/mol. The number of aromatic nitrogens is 2. The number of para-hydroxylation sites is 3. The van der Waals surface area contributed by atoms with Crippen molar-refractivity contribution in [3.05, 3.63) is 175 Å². The largest absolute Gasteiger partial charge is 0.509 e. The van der Waals surface area contributed by atoms with Crippen LogP contribution in [0.3, 0.4) is 0 Å². The first-order valence-corrected chi connectivity index (χ1v) is 17.4. The molecule has 0 fully saturated rings. The Hall–Kier alpha value is -5.71. The summed E-state index contributed by atoms with van der Waals surface area (Å²) in [6.45, 7) is 8.35. The number of benzene rings is 6. The first-order chi connectivity index (χ1) is 25.4. The minimum absolute atomic E-state index is 0. The van der Waals surface area contributed by atoms with Gasteiger partial charge in [0.1, 0.15) is 11.6 Å². The second kappa shape index (κ2) is 14.0. The van der Waals surface area contributed by atoms with Crippen LogP contribution in [0.2, 0.25) is 0 Å². The molecule has 5 nitrogen and oxygen atoms in total. The van der Waals surface area contributed by atoms with Crippen molar-refractivity contribution in [1.82, 2.24) is 9.55 Å². The maximum Gasteiger partial charge on any atom is 0.135 e. The number of pyridine rings is 1. The van der Waals surface area contributed by atoms with E-state index in [0.717, 1.165) is 67.9 Å². The predicted molar refractivity (Wildman–Crippen MR) is 208 cm³/mol. The van der Waals surface area contributed by atoms with E-state index in [9.17, 15) is 4.39 Å². The first-order valence-electron chi connectivity index (χ1n) is 17.4. The summed E-state index contributed by atoms with van der Waals surface area (Å²) in [4.78, 5) is 8.85. The van der Waals surface area contributed by atoms with Crippen molar-refractivity contribution in [1.29, 1.82) is 0 Å². The summed E-state index contributed by atoms with van der Waals surface area (Å²) < 4.78 is 23.3. The Morgan fingerprint density at radius 2 is 1.45 bits per heavy atom. The molecule has 6 aromatic carbocycles. The van der Waals surface area contributed by atoms with E-state index in [4.69, 9.17) is 9.72 Å². The first kappa shape index (κ1) is 34.4. The van der Waals surface area contributed by atoms with Crippen molar-refractivity contribution in [3.8, 4) is 28.4 Å². The van der Waals surface area contributed by atoms with Gasteiger partial charge in [-0.3, -0.25) is 0 Å². The summed E-state index contributed by atoms with van der Waals surface area (Å²) in [6, 6.07) is 49.2.